The van der Waals surface area contributed by atoms with Crippen molar-refractivity contribution in [3.63, 3.8) is 0 Å². The number of nitrogens with one attached hydrogen (secondary N) is 1. The second-order valence-corrected chi connectivity index (χ2v) is 5.43. The number of hydrogen-bond donors (Lipinski definition) is 1. The minimum atomic E-state index is 0.314. The summed E-state index contributed by atoms with van der Waals surface area (Å²) >= 11 is 3.47. The van der Waals surface area contributed by atoms with Crippen LogP contribution in [0.2, 0.25) is 0 Å². The highest BCUT2D eigenvalue weighted by Gasteiger charge is 2.15. The molecule has 19 heavy (non-hydrogen) atoms. The molecule has 0 radical (unpaired) electrons. The van der Waals surface area contributed by atoms with Crippen LogP contribution in [0.4, 0.5) is 0 Å². The van der Waals surface area contributed by atoms with Crippen molar-refractivity contribution in [2.24, 2.45) is 0 Å². The van der Waals surface area contributed by atoms with Gasteiger partial charge in [-0.25, -0.2) is 0 Å². The molecule has 0 spiro atoms. The van der Waals surface area contributed by atoms with Crippen molar-refractivity contribution in [3.05, 3.63) is 52.3 Å². The number of benzene rings is 1. The molecule has 0 saturated carbocycles. The number of aryl methyl sites for hydroxylation is 1. The van der Waals surface area contributed by atoms with Crippen molar-refractivity contribution >= 4 is 15.9 Å². The third-order valence-corrected chi connectivity index (χ3v) is 3.74. The summed E-state index contributed by atoms with van der Waals surface area (Å²) < 4.78 is 3.18. The Labute approximate surface area is 123 Å². The standard InChI is InChI=1S/C15H20BrN3/c1-3-17-14(15-9-10-18-19(15)4-2)11-12-5-7-13(16)8-6-12/h5-10,14,17H,3-4,11H2,1-2H3. The highest BCUT2D eigenvalue weighted by molar-refractivity contribution is 9.10. The number of nitrogens with zero attached hydrogens (tertiary/aromatic N) is 2. The first kappa shape index (κ1) is 14.3. The molecule has 1 unspecified atom stereocenters. The zero-order valence-electron chi connectivity index (χ0n) is 11.4. The Morgan fingerprint density at radius 2 is 1.95 bits per heavy atom. The van der Waals surface area contributed by atoms with Gasteiger partial charge in [0.1, 0.15) is 0 Å². The zero-order valence-corrected chi connectivity index (χ0v) is 13.0. The maximum Gasteiger partial charge on any atom is 0.0556 e. The molecule has 1 atom stereocenters. The molecule has 1 heterocycles. The summed E-state index contributed by atoms with van der Waals surface area (Å²) in [5.74, 6) is 0. The van der Waals surface area contributed by atoms with Gasteiger partial charge in [0.15, 0.2) is 0 Å². The molecular formula is C15H20BrN3. The molecule has 1 N–H and O–H groups in total. The van der Waals surface area contributed by atoms with Crippen LogP contribution < -0.4 is 5.32 Å². The highest BCUT2D eigenvalue weighted by Crippen LogP contribution is 2.20. The zero-order chi connectivity index (χ0) is 13.7. The summed E-state index contributed by atoms with van der Waals surface area (Å²) in [6.45, 7) is 6.13. The van der Waals surface area contributed by atoms with E-state index in [0.717, 1.165) is 24.0 Å². The number of halogens is 1. The first-order valence-corrected chi connectivity index (χ1v) is 7.53. The van der Waals surface area contributed by atoms with Crippen molar-refractivity contribution in [2.45, 2.75) is 32.9 Å². The first-order chi connectivity index (χ1) is 9.24. The molecule has 2 rings (SSSR count). The lowest BCUT2D eigenvalue weighted by atomic mass is 10.0. The van der Waals surface area contributed by atoms with Gasteiger partial charge in [-0.2, -0.15) is 5.10 Å². The third-order valence-electron chi connectivity index (χ3n) is 3.21. The number of rotatable bonds is 6. The van der Waals surface area contributed by atoms with Gasteiger partial charge in [-0.15, -0.1) is 0 Å². The Morgan fingerprint density at radius 3 is 2.58 bits per heavy atom. The van der Waals surface area contributed by atoms with Crippen LogP contribution >= 0.6 is 15.9 Å². The van der Waals surface area contributed by atoms with Gasteiger partial charge in [0.2, 0.25) is 0 Å². The molecule has 0 saturated heterocycles. The number of aromatic nitrogens is 2. The van der Waals surface area contributed by atoms with Gasteiger partial charge in [0, 0.05) is 17.2 Å². The number of likely N-dealkylation sites (N-methyl/N-ethyl adjacent to an activating group) is 1. The highest BCUT2D eigenvalue weighted by atomic mass is 79.9. The molecule has 0 bridgehead atoms. The van der Waals surface area contributed by atoms with Crippen molar-refractivity contribution < 1.29 is 0 Å². The van der Waals surface area contributed by atoms with Gasteiger partial charge < -0.3 is 5.32 Å². The molecule has 1 aromatic carbocycles. The maximum atomic E-state index is 4.36. The lowest BCUT2D eigenvalue weighted by Crippen LogP contribution is -2.25. The van der Waals surface area contributed by atoms with Gasteiger partial charge in [-0.1, -0.05) is 35.0 Å². The summed E-state index contributed by atoms with van der Waals surface area (Å²) in [6, 6.07) is 10.9. The maximum absolute atomic E-state index is 4.36. The summed E-state index contributed by atoms with van der Waals surface area (Å²) in [7, 11) is 0. The average Bonchev–Trinajstić information content (AvgIpc) is 2.89. The topological polar surface area (TPSA) is 29.9 Å². The van der Waals surface area contributed by atoms with Crippen molar-refractivity contribution in [3.8, 4) is 0 Å². The van der Waals surface area contributed by atoms with E-state index in [4.69, 9.17) is 0 Å². The Bertz CT molecular complexity index is 504. The van der Waals surface area contributed by atoms with Crippen LogP contribution in [0.1, 0.15) is 31.1 Å². The fourth-order valence-corrected chi connectivity index (χ4v) is 2.55. The molecule has 0 aliphatic carbocycles. The summed E-state index contributed by atoms with van der Waals surface area (Å²) in [4.78, 5) is 0. The van der Waals surface area contributed by atoms with Gasteiger partial charge in [-0.05, 0) is 43.7 Å². The Balaban J connectivity index is 2.18. The summed E-state index contributed by atoms with van der Waals surface area (Å²) in [5, 5.41) is 7.91. The van der Waals surface area contributed by atoms with Gasteiger partial charge in [-0.3, -0.25) is 4.68 Å². The molecule has 0 amide bonds. The molecule has 0 aliphatic heterocycles. The molecule has 4 heteroatoms. The smallest absolute Gasteiger partial charge is 0.0556 e. The van der Waals surface area contributed by atoms with E-state index in [2.05, 4.69) is 75.2 Å². The van der Waals surface area contributed by atoms with Crippen molar-refractivity contribution in [2.75, 3.05) is 6.54 Å². The van der Waals surface area contributed by atoms with Gasteiger partial charge >= 0.3 is 0 Å². The Morgan fingerprint density at radius 1 is 1.21 bits per heavy atom. The predicted octanol–water partition coefficient (Wildman–Crippen LogP) is 3.56. The second-order valence-electron chi connectivity index (χ2n) is 4.51. The predicted molar refractivity (Wildman–Crippen MR) is 82.2 cm³/mol. The van der Waals surface area contributed by atoms with E-state index in [0.29, 0.717) is 6.04 Å². The fourth-order valence-electron chi connectivity index (χ4n) is 2.29. The Kier molecular flexibility index (Phi) is 5.16. The van der Waals surface area contributed by atoms with E-state index >= 15 is 0 Å². The van der Waals surface area contributed by atoms with E-state index in [-0.39, 0.29) is 0 Å². The average molecular weight is 322 g/mol. The Hall–Kier alpha value is -1.13. The lowest BCUT2D eigenvalue weighted by Gasteiger charge is -2.19. The minimum Gasteiger partial charge on any atom is -0.309 e. The largest absolute Gasteiger partial charge is 0.309 e. The van der Waals surface area contributed by atoms with Gasteiger partial charge in [0.25, 0.3) is 0 Å². The SMILES string of the molecule is CCNC(Cc1ccc(Br)cc1)c1ccnn1CC. The lowest BCUT2D eigenvalue weighted by molar-refractivity contribution is 0.490. The molecule has 1 aromatic heterocycles. The van der Waals surface area contributed by atoms with Crippen LogP contribution in [0.15, 0.2) is 41.0 Å². The van der Waals surface area contributed by atoms with Crippen LogP contribution in [0.25, 0.3) is 0 Å². The molecule has 3 nitrogen and oxygen atoms in total. The van der Waals surface area contributed by atoms with E-state index in [9.17, 15) is 0 Å². The fraction of sp³-hybridized carbons (Fsp3) is 0.400. The third kappa shape index (κ3) is 3.67. The van der Waals surface area contributed by atoms with E-state index < -0.39 is 0 Å². The van der Waals surface area contributed by atoms with Crippen LogP contribution in [0.5, 0.6) is 0 Å². The summed E-state index contributed by atoms with van der Waals surface area (Å²) in [5.41, 5.74) is 2.59. The van der Waals surface area contributed by atoms with Crippen LogP contribution in [0, 0.1) is 0 Å². The first-order valence-electron chi connectivity index (χ1n) is 6.74. The molecular weight excluding hydrogens is 302 g/mol. The molecule has 2 aromatic rings. The van der Waals surface area contributed by atoms with Crippen LogP contribution in [-0.2, 0) is 13.0 Å². The van der Waals surface area contributed by atoms with E-state index in [1.165, 1.54) is 11.3 Å². The molecule has 0 aliphatic rings. The number of hydrogen-bond acceptors (Lipinski definition) is 2. The quantitative estimate of drug-likeness (QED) is 0.881. The van der Waals surface area contributed by atoms with Crippen LogP contribution in [-0.4, -0.2) is 16.3 Å². The minimum absolute atomic E-state index is 0.314. The van der Waals surface area contributed by atoms with Crippen LogP contribution in [0.3, 0.4) is 0 Å². The molecule has 0 fully saturated rings. The molecule has 102 valence electrons. The monoisotopic (exact) mass is 321 g/mol. The summed E-state index contributed by atoms with van der Waals surface area (Å²) in [6.07, 6.45) is 2.86. The van der Waals surface area contributed by atoms with Crippen molar-refractivity contribution in [1.29, 1.82) is 0 Å². The van der Waals surface area contributed by atoms with E-state index in [1.807, 2.05) is 6.20 Å². The van der Waals surface area contributed by atoms with Gasteiger partial charge in [0.05, 0.1) is 11.7 Å². The normalized spacial score (nSPS) is 12.6. The second kappa shape index (κ2) is 6.87. The van der Waals surface area contributed by atoms with Crippen molar-refractivity contribution in [1.82, 2.24) is 15.1 Å². The van der Waals surface area contributed by atoms with E-state index in [1.54, 1.807) is 0 Å².